The summed E-state index contributed by atoms with van der Waals surface area (Å²) >= 11 is 0. The van der Waals surface area contributed by atoms with Crippen molar-refractivity contribution in [1.82, 2.24) is 15.2 Å². The molecule has 0 saturated carbocycles. The first-order valence-corrected chi connectivity index (χ1v) is 9.54. The Morgan fingerprint density at radius 1 is 1.21 bits per heavy atom. The molecule has 2 saturated heterocycles. The Bertz CT molecular complexity index is 647. The molecule has 1 atom stereocenters. The Labute approximate surface area is 179 Å². The number of nitrogens with zero attached hydrogens (tertiary/aromatic N) is 3. The molecule has 28 heavy (non-hydrogen) atoms. The van der Waals surface area contributed by atoms with Gasteiger partial charge in [0.25, 0.3) is 5.91 Å². The van der Waals surface area contributed by atoms with Gasteiger partial charge < -0.3 is 20.9 Å². The monoisotopic (exact) mass is 431 g/mol. The topological polar surface area (TPSA) is 91.6 Å². The fraction of sp³-hybridized carbons (Fsp3) is 0.632. The zero-order valence-electron chi connectivity index (χ0n) is 16.3. The van der Waals surface area contributed by atoms with Crippen LogP contribution in [0.25, 0.3) is 0 Å². The van der Waals surface area contributed by atoms with E-state index in [0.29, 0.717) is 55.8 Å². The van der Waals surface area contributed by atoms with E-state index in [-0.39, 0.29) is 30.7 Å². The number of amides is 2. The van der Waals surface area contributed by atoms with Crippen molar-refractivity contribution >= 4 is 42.4 Å². The van der Waals surface area contributed by atoms with Crippen LogP contribution in [0.3, 0.4) is 0 Å². The van der Waals surface area contributed by atoms with Crippen molar-refractivity contribution in [3.05, 3.63) is 23.9 Å². The number of aromatic nitrogens is 1. The summed E-state index contributed by atoms with van der Waals surface area (Å²) in [6, 6.07) is 3.41. The molecular weight excluding hydrogens is 401 g/mol. The number of nitrogens with two attached hydrogens (primary N) is 1. The van der Waals surface area contributed by atoms with Gasteiger partial charge in [0.2, 0.25) is 5.91 Å². The van der Waals surface area contributed by atoms with E-state index in [1.54, 1.807) is 18.3 Å². The van der Waals surface area contributed by atoms with E-state index < -0.39 is 5.91 Å². The first-order valence-electron chi connectivity index (χ1n) is 9.54. The lowest BCUT2D eigenvalue weighted by molar-refractivity contribution is -0.132. The van der Waals surface area contributed by atoms with Crippen LogP contribution in [0.4, 0.5) is 5.82 Å². The van der Waals surface area contributed by atoms with Gasteiger partial charge in [-0.1, -0.05) is 6.92 Å². The Kier molecular flexibility index (Phi) is 9.99. The third-order valence-corrected chi connectivity index (χ3v) is 5.67. The standard InChI is InChI=1S/C19H29N5O2.2ClH/c1-14(15-4-7-21-8-5-15)13-17(25)23-9-11-24(12-10-23)19-16(18(20)26)3-2-6-22-19;;/h2-3,6,14-15,21H,4-5,7-13H2,1H3,(H2,20,26);2*1H. The molecule has 3 heterocycles. The third kappa shape index (κ3) is 5.96. The first-order chi connectivity index (χ1) is 12.6. The van der Waals surface area contributed by atoms with Crippen LogP contribution in [-0.4, -0.2) is 61.0 Å². The number of carbonyl (C=O) groups is 2. The molecule has 0 bridgehead atoms. The molecule has 2 fully saturated rings. The normalized spacial score (nSPS) is 18.6. The van der Waals surface area contributed by atoms with Gasteiger partial charge in [-0.15, -0.1) is 24.8 Å². The molecule has 0 aromatic carbocycles. The Hall–Kier alpha value is -1.57. The van der Waals surface area contributed by atoms with Gasteiger partial charge >= 0.3 is 0 Å². The first kappa shape index (κ1) is 24.5. The highest BCUT2D eigenvalue weighted by Gasteiger charge is 2.27. The summed E-state index contributed by atoms with van der Waals surface area (Å²) in [5.74, 6) is 1.47. The van der Waals surface area contributed by atoms with Gasteiger partial charge in [0.1, 0.15) is 5.82 Å². The van der Waals surface area contributed by atoms with Crippen molar-refractivity contribution in [2.45, 2.75) is 26.2 Å². The van der Waals surface area contributed by atoms with E-state index in [1.165, 1.54) is 0 Å². The molecule has 3 N–H and O–H groups in total. The predicted molar refractivity (Wildman–Crippen MR) is 115 cm³/mol. The van der Waals surface area contributed by atoms with E-state index in [9.17, 15) is 9.59 Å². The summed E-state index contributed by atoms with van der Waals surface area (Å²) < 4.78 is 0. The summed E-state index contributed by atoms with van der Waals surface area (Å²) in [7, 11) is 0. The van der Waals surface area contributed by atoms with Crippen LogP contribution in [0.1, 0.15) is 36.5 Å². The molecule has 0 aliphatic carbocycles. The molecule has 0 radical (unpaired) electrons. The van der Waals surface area contributed by atoms with Crippen LogP contribution in [-0.2, 0) is 4.79 Å². The van der Waals surface area contributed by atoms with E-state index in [2.05, 4.69) is 17.2 Å². The zero-order valence-corrected chi connectivity index (χ0v) is 17.9. The van der Waals surface area contributed by atoms with Crippen LogP contribution in [0, 0.1) is 11.8 Å². The van der Waals surface area contributed by atoms with E-state index in [1.807, 2.05) is 9.80 Å². The van der Waals surface area contributed by atoms with Gasteiger partial charge in [-0.05, 0) is 49.9 Å². The summed E-state index contributed by atoms with van der Waals surface area (Å²) in [5, 5.41) is 3.38. The number of primary amides is 1. The molecule has 7 nitrogen and oxygen atoms in total. The Morgan fingerprint density at radius 3 is 2.46 bits per heavy atom. The molecule has 2 aliphatic rings. The van der Waals surface area contributed by atoms with E-state index in [0.717, 1.165) is 25.9 Å². The number of pyridine rings is 1. The number of anilines is 1. The van der Waals surface area contributed by atoms with Gasteiger partial charge in [-0.25, -0.2) is 4.98 Å². The minimum Gasteiger partial charge on any atom is -0.365 e. The zero-order chi connectivity index (χ0) is 18.5. The second-order valence-corrected chi connectivity index (χ2v) is 7.38. The lowest BCUT2D eigenvalue weighted by atomic mass is 9.84. The minimum atomic E-state index is -0.470. The maximum Gasteiger partial charge on any atom is 0.252 e. The number of hydrogen-bond donors (Lipinski definition) is 2. The smallest absolute Gasteiger partial charge is 0.252 e. The van der Waals surface area contributed by atoms with Crippen molar-refractivity contribution in [2.24, 2.45) is 17.6 Å². The molecule has 2 aliphatic heterocycles. The number of piperazine rings is 1. The Balaban J connectivity index is 0.00000196. The number of halogens is 2. The van der Waals surface area contributed by atoms with Gasteiger partial charge in [-0.2, -0.15) is 0 Å². The number of hydrogen-bond acceptors (Lipinski definition) is 5. The van der Waals surface area contributed by atoms with Crippen molar-refractivity contribution in [3.63, 3.8) is 0 Å². The minimum absolute atomic E-state index is 0. The van der Waals surface area contributed by atoms with Gasteiger partial charge in [0.05, 0.1) is 5.56 Å². The van der Waals surface area contributed by atoms with Gasteiger partial charge in [-0.3, -0.25) is 9.59 Å². The molecule has 158 valence electrons. The fourth-order valence-corrected chi connectivity index (χ4v) is 3.99. The quantitative estimate of drug-likeness (QED) is 0.739. The second-order valence-electron chi connectivity index (χ2n) is 7.38. The van der Waals surface area contributed by atoms with Crippen molar-refractivity contribution in [2.75, 3.05) is 44.2 Å². The van der Waals surface area contributed by atoms with Crippen LogP contribution in [0.15, 0.2) is 18.3 Å². The summed E-state index contributed by atoms with van der Waals surface area (Å²) in [6.07, 6.45) is 4.62. The predicted octanol–water partition coefficient (Wildman–Crippen LogP) is 1.70. The lowest BCUT2D eigenvalue weighted by Crippen LogP contribution is -2.50. The molecule has 3 rings (SSSR count). The molecule has 2 amide bonds. The van der Waals surface area contributed by atoms with Crippen LogP contribution in [0.5, 0.6) is 0 Å². The SMILES string of the molecule is CC(CC(=O)N1CCN(c2ncccc2C(N)=O)CC1)C1CCNCC1.Cl.Cl. The highest BCUT2D eigenvalue weighted by Crippen LogP contribution is 2.25. The maximum absolute atomic E-state index is 12.7. The maximum atomic E-state index is 12.7. The number of rotatable bonds is 5. The fourth-order valence-electron chi connectivity index (χ4n) is 3.99. The van der Waals surface area contributed by atoms with Crippen LogP contribution < -0.4 is 16.0 Å². The van der Waals surface area contributed by atoms with E-state index in [4.69, 9.17) is 5.73 Å². The van der Waals surface area contributed by atoms with Crippen LogP contribution in [0.2, 0.25) is 0 Å². The van der Waals surface area contributed by atoms with E-state index >= 15 is 0 Å². The average Bonchev–Trinajstić information content (AvgIpc) is 2.68. The molecule has 9 heteroatoms. The molecule has 1 unspecified atom stereocenters. The third-order valence-electron chi connectivity index (χ3n) is 5.67. The van der Waals surface area contributed by atoms with Crippen molar-refractivity contribution in [1.29, 1.82) is 0 Å². The summed E-state index contributed by atoms with van der Waals surface area (Å²) in [6.45, 7) is 6.99. The molecular formula is C19H31Cl2N5O2. The van der Waals surface area contributed by atoms with Gasteiger partial charge in [0, 0.05) is 38.8 Å². The highest BCUT2D eigenvalue weighted by molar-refractivity contribution is 5.97. The average molecular weight is 432 g/mol. The van der Waals surface area contributed by atoms with Gasteiger partial charge in [0.15, 0.2) is 0 Å². The van der Waals surface area contributed by atoms with Crippen molar-refractivity contribution in [3.8, 4) is 0 Å². The summed E-state index contributed by atoms with van der Waals surface area (Å²) in [4.78, 5) is 32.6. The molecule has 1 aromatic rings. The van der Waals surface area contributed by atoms with Crippen LogP contribution >= 0.6 is 24.8 Å². The largest absolute Gasteiger partial charge is 0.365 e. The number of piperidine rings is 1. The second kappa shape index (κ2) is 11.4. The lowest BCUT2D eigenvalue weighted by Gasteiger charge is -2.37. The Morgan fingerprint density at radius 2 is 1.86 bits per heavy atom. The van der Waals surface area contributed by atoms with Crippen molar-refractivity contribution < 1.29 is 9.59 Å². The molecule has 0 spiro atoms. The molecule has 1 aromatic heterocycles. The summed E-state index contributed by atoms with van der Waals surface area (Å²) in [5.41, 5.74) is 5.88. The highest BCUT2D eigenvalue weighted by atomic mass is 35.5. The number of nitrogens with one attached hydrogen (secondary N) is 1. The number of carbonyl (C=O) groups excluding carboxylic acids is 2.